The molecule has 0 spiro atoms. The molecule has 0 radical (unpaired) electrons. The molecule has 0 aliphatic carbocycles. The Morgan fingerprint density at radius 1 is 1.27 bits per heavy atom. The van der Waals surface area contributed by atoms with E-state index in [2.05, 4.69) is 43.1 Å². The van der Waals surface area contributed by atoms with Crippen LogP contribution in [-0.4, -0.2) is 34.9 Å². The minimum absolute atomic E-state index is 0. The molecule has 2 unspecified atom stereocenters. The van der Waals surface area contributed by atoms with E-state index in [-0.39, 0.29) is 36.8 Å². The smallest absolute Gasteiger partial charge is 0.228 e. The molecule has 3 rings (SSSR count). The molecule has 1 fully saturated rings. The molecule has 0 bridgehead atoms. The fourth-order valence-corrected chi connectivity index (χ4v) is 4.37. The summed E-state index contributed by atoms with van der Waals surface area (Å²) in [6.07, 6.45) is 1.44. The SMILES string of the molecule is Cc1ccc(-c2nc(C)sc2CC(=O)N2CC(CN)CC2C)cc1.Cl.Cl. The number of hydrogen-bond donors (Lipinski definition) is 1. The molecule has 2 atom stereocenters. The van der Waals surface area contributed by atoms with Crippen LogP contribution in [0.15, 0.2) is 24.3 Å². The van der Waals surface area contributed by atoms with Crippen LogP contribution in [0.1, 0.15) is 28.8 Å². The fraction of sp³-hybridized carbons (Fsp3) is 0.474. The molecule has 1 saturated heterocycles. The number of aromatic nitrogens is 1. The zero-order valence-corrected chi connectivity index (χ0v) is 17.8. The van der Waals surface area contributed by atoms with Crippen molar-refractivity contribution in [3.63, 3.8) is 0 Å². The molecule has 1 aliphatic heterocycles. The number of hydrogen-bond acceptors (Lipinski definition) is 4. The van der Waals surface area contributed by atoms with Gasteiger partial charge in [0.05, 0.1) is 17.1 Å². The monoisotopic (exact) mass is 415 g/mol. The molecule has 26 heavy (non-hydrogen) atoms. The first-order valence-corrected chi connectivity index (χ1v) is 9.32. The molecule has 144 valence electrons. The third-order valence-electron chi connectivity index (χ3n) is 4.76. The van der Waals surface area contributed by atoms with Gasteiger partial charge in [0.15, 0.2) is 0 Å². The van der Waals surface area contributed by atoms with Crippen LogP contribution in [0.3, 0.4) is 0 Å². The maximum absolute atomic E-state index is 12.8. The van der Waals surface area contributed by atoms with Crippen LogP contribution in [0, 0.1) is 19.8 Å². The van der Waals surface area contributed by atoms with Crippen molar-refractivity contribution in [3.8, 4) is 11.3 Å². The highest BCUT2D eigenvalue weighted by molar-refractivity contribution is 7.12. The lowest BCUT2D eigenvalue weighted by Gasteiger charge is -2.21. The fourth-order valence-electron chi connectivity index (χ4n) is 3.43. The Bertz CT molecular complexity index is 733. The van der Waals surface area contributed by atoms with E-state index in [4.69, 9.17) is 5.73 Å². The minimum atomic E-state index is 0. The van der Waals surface area contributed by atoms with Crippen LogP contribution in [0.5, 0.6) is 0 Å². The van der Waals surface area contributed by atoms with Gasteiger partial charge >= 0.3 is 0 Å². The maximum Gasteiger partial charge on any atom is 0.228 e. The Kier molecular flexibility index (Phi) is 8.54. The average molecular weight is 416 g/mol. The first-order valence-electron chi connectivity index (χ1n) is 8.50. The largest absolute Gasteiger partial charge is 0.339 e. The third kappa shape index (κ3) is 4.97. The van der Waals surface area contributed by atoms with Crippen LogP contribution in [0.25, 0.3) is 11.3 Å². The van der Waals surface area contributed by atoms with Gasteiger partial charge in [0.1, 0.15) is 0 Å². The van der Waals surface area contributed by atoms with Gasteiger partial charge in [0, 0.05) is 23.0 Å². The highest BCUT2D eigenvalue weighted by atomic mass is 35.5. The molecule has 7 heteroatoms. The second kappa shape index (κ2) is 9.70. The number of amides is 1. The lowest BCUT2D eigenvalue weighted by Crippen LogP contribution is -2.35. The van der Waals surface area contributed by atoms with Crippen molar-refractivity contribution < 1.29 is 4.79 Å². The van der Waals surface area contributed by atoms with E-state index >= 15 is 0 Å². The van der Waals surface area contributed by atoms with Crippen LogP contribution < -0.4 is 5.73 Å². The second-order valence-corrected chi connectivity index (χ2v) is 8.07. The summed E-state index contributed by atoms with van der Waals surface area (Å²) < 4.78 is 0. The third-order valence-corrected chi connectivity index (χ3v) is 5.73. The van der Waals surface area contributed by atoms with Crippen molar-refractivity contribution in [2.75, 3.05) is 13.1 Å². The summed E-state index contributed by atoms with van der Waals surface area (Å²) >= 11 is 1.62. The Balaban J connectivity index is 0.00000169. The predicted molar refractivity (Wildman–Crippen MR) is 114 cm³/mol. The number of likely N-dealkylation sites (tertiary alicyclic amines) is 1. The second-order valence-electron chi connectivity index (χ2n) is 6.78. The van der Waals surface area contributed by atoms with E-state index in [1.807, 2.05) is 11.8 Å². The molecule has 2 heterocycles. The summed E-state index contributed by atoms with van der Waals surface area (Å²) in [5, 5.41) is 1.00. The molecule has 0 saturated carbocycles. The zero-order valence-electron chi connectivity index (χ0n) is 15.4. The van der Waals surface area contributed by atoms with E-state index in [1.54, 1.807) is 11.3 Å². The molecule has 1 aliphatic rings. The first kappa shape index (κ1) is 22.9. The van der Waals surface area contributed by atoms with E-state index in [0.717, 1.165) is 34.1 Å². The van der Waals surface area contributed by atoms with Crippen molar-refractivity contribution in [2.24, 2.45) is 11.7 Å². The number of carbonyl (C=O) groups excluding carboxylic acids is 1. The zero-order chi connectivity index (χ0) is 17.3. The quantitative estimate of drug-likeness (QED) is 0.820. The molecule has 1 aromatic heterocycles. The van der Waals surface area contributed by atoms with E-state index in [9.17, 15) is 4.79 Å². The van der Waals surface area contributed by atoms with Gasteiger partial charge in [0.2, 0.25) is 5.91 Å². The molecule has 2 N–H and O–H groups in total. The molecular weight excluding hydrogens is 389 g/mol. The van der Waals surface area contributed by atoms with Gasteiger partial charge < -0.3 is 10.6 Å². The van der Waals surface area contributed by atoms with E-state index < -0.39 is 0 Å². The number of benzene rings is 1. The van der Waals surface area contributed by atoms with Gasteiger partial charge in [-0.15, -0.1) is 36.2 Å². The standard InChI is InChI=1S/C19H25N3OS.2ClH/c1-12-4-6-16(7-5-12)19-17(24-14(3)21-19)9-18(23)22-11-15(10-20)8-13(22)2;;/h4-7,13,15H,8-11,20H2,1-3H3;2*1H. The van der Waals surface area contributed by atoms with Gasteiger partial charge in [0.25, 0.3) is 0 Å². The van der Waals surface area contributed by atoms with Crippen molar-refractivity contribution in [1.82, 2.24) is 9.88 Å². The van der Waals surface area contributed by atoms with Gasteiger partial charge in [-0.2, -0.15) is 0 Å². The summed E-state index contributed by atoms with van der Waals surface area (Å²) in [5.41, 5.74) is 9.04. The van der Waals surface area contributed by atoms with Crippen molar-refractivity contribution >= 4 is 42.1 Å². The predicted octanol–water partition coefficient (Wildman–Crippen LogP) is 4.01. The maximum atomic E-state index is 12.8. The molecule has 1 aromatic carbocycles. The van der Waals surface area contributed by atoms with E-state index in [1.165, 1.54) is 5.56 Å². The summed E-state index contributed by atoms with van der Waals surface area (Å²) in [5.74, 6) is 0.624. The summed E-state index contributed by atoms with van der Waals surface area (Å²) in [7, 11) is 0. The lowest BCUT2D eigenvalue weighted by atomic mass is 10.1. The first-order chi connectivity index (χ1) is 11.5. The van der Waals surface area contributed by atoms with Crippen molar-refractivity contribution in [1.29, 1.82) is 0 Å². The number of nitrogens with two attached hydrogens (primary N) is 1. The lowest BCUT2D eigenvalue weighted by molar-refractivity contribution is -0.131. The summed E-state index contributed by atoms with van der Waals surface area (Å²) in [6.45, 7) is 7.63. The van der Waals surface area contributed by atoms with Crippen LogP contribution in [-0.2, 0) is 11.2 Å². The molecule has 2 aromatic rings. The number of carbonyl (C=O) groups is 1. The number of thiazole rings is 1. The minimum Gasteiger partial charge on any atom is -0.339 e. The van der Waals surface area contributed by atoms with E-state index in [0.29, 0.717) is 18.9 Å². The number of nitrogens with zero attached hydrogens (tertiary/aromatic N) is 2. The molecule has 4 nitrogen and oxygen atoms in total. The summed E-state index contributed by atoms with van der Waals surface area (Å²) in [4.78, 5) is 20.5. The normalized spacial score (nSPS) is 19.0. The summed E-state index contributed by atoms with van der Waals surface area (Å²) in [6, 6.07) is 8.62. The molecule has 1 amide bonds. The Morgan fingerprint density at radius 3 is 2.50 bits per heavy atom. The topological polar surface area (TPSA) is 59.2 Å². The number of aryl methyl sites for hydroxylation is 2. The van der Waals surface area contributed by atoms with Gasteiger partial charge in [-0.05, 0) is 39.7 Å². The van der Waals surface area contributed by atoms with Gasteiger partial charge in [-0.25, -0.2) is 4.98 Å². The van der Waals surface area contributed by atoms with Gasteiger partial charge in [-0.3, -0.25) is 4.79 Å². The number of halogens is 2. The highest BCUT2D eigenvalue weighted by Gasteiger charge is 2.32. The molecular formula is C19H27Cl2N3OS. The van der Waals surface area contributed by atoms with Crippen molar-refractivity contribution in [2.45, 2.75) is 39.7 Å². The number of rotatable bonds is 4. The van der Waals surface area contributed by atoms with Crippen LogP contribution >= 0.6 is 36.2 Å². The van der Waals surface area contributed by atoms with Crippen LogP contribution in [0.2, 0.25) is 0 Å². The Morgan fingerprint density at radius 2 is 1.92 bits per heavy atom. The Hall–Kier alpha value is -1.14. The van der Waals surface area contributed by atoms with Crippen molar-refractivity contribution in [3.05, 3.63) is 39.7 Å². The Labute approximate surface area is 172 Å². The van der Waals surface area contributed by atoms with Crippen LogP contribution in [0.4, 0.5) is 0 Å². The average Bonchev–Trinajstić information content (AvgIpc) is 3.10. The van der Waals surface area contributed by atoms with Gasteiger partial charge in [-0.1, -0.05) is 29.8 Å². The highest BCUT2D eigenvalue weighted by Crippen LogP contribution is 2.30.